The fraction of sp³-hybridized carbons (Fsp3) is 0.296. The van der Waals surface area contributed by atoms with Gasteiger partial charge in [0.15, 0.2) is 0 Å². The lowest BCUT2D eigenvalue weighted by Gasteiger charge is -2.20. The summed E-state index contributed by atoms with van der Waals surface area (Å²) in [5, 5.41) is 5.44. The fourth-order valence-corrected chi connectivity index (χ4v) is 3.63. The summed E-state index contributed by atoms with van der Waals surface area (Å²) in [4.78, 5) is 46.7. The number of aromatic nitrogens is 2. The van der Waals surface area contributed by atoms with Gasteiger partial charge in [0.1, 0.15) is 0 Å². The number of benzene rings is 1. The molecule has 0 fully saturated rings. The molecule has 3 aromatic rings. The normalized spacial score (nSPS) is 10.4. The van der Waals surface area contributed by atoms with Gasteiger partial charge in [-0.05, 0) is 62.2 Å². The Morgan fingerprint density at radius 1 is 1.03 bits per heavy atom. The van der Waals surface area contributed by atoms with Crippen LogP contribution in [-0.4, -0.2) is 48.1 Å². The van der Waals surface area contributed by atoms with Crippen molar-refractivity contribution >= 4 is 23.6 Å². The van der Waals surface area contributed by atoms with Gasteiger partial charge in [0.2, 0.25) is 5.91 Å². The summed E-state index contributed by atoms with van der Waals surface area (Å²) in [7, 11) is 1.70. The van der Waals surface area contributed by atoms with Crippen LogP contribution in [0.2, 0.25) is 0 Å². The van der Waals surface area contributed by atoms with E-state index in [-0.39, 0.29) is 31.4 Å². The van der Waals surface area contributed by atoms with Crippen LogP contribution in [0.4, 0.5) is 10.5 Å². The van der Waals surface area contributed by atoms with Crippen molar-refractivity contribution in [2.24, 2.45) is 0 Å². The Hall–Kier alpha value is -4.27. The number of pyridine rings is 2. The minimum atomic E-state index is -0.534. The molecular formula is C27H31N5O4. The molecule has 0 bridgehead atoms. The number of rotatable bonds is 9. The largest absolute Gasteiger partial charge is 0.450 e. The molecule has 0 aliphatic carbocycles. The predicted octanol–water partition coefficient (Wildman–Crippen LogP) is 3.79. The van der Waals surface area contributed by atoms with Gasteiger partial charge in [0.05, 0.1) is 17.9 Å². The zero-order valence-corrected chi connectivity index (χ0v) is 21.0. The number of hydrogen-bond acceptors (Lipinski definition) is 6. The van der Waals surface area contributed by atoms with E-state index in [9.17, 15) is 14.4 Å². The van der Waals surface area contributed by atoms with E-state index in [1.54, 1.807) is 43.4 Å². The Labute approximate surface area is 210 Å². The van der Waals surface area contributed by atoms with Crippen LogP contribution in [0.15, 0.2) is 54.9 Å². The number of anilines is 1. The average Bonchev–Trinajstić information content (AvgIpc) is 2.87. The van der Waals surface area contributed by atoms with Crippen molar-refractivity contribution in [3.05, 3.63) is 77.2 Å². The second kappa shape index (κ2) is 12.4. The van der Waals surface area contributed by atoms with Gasteiger partial charge < -0.3 is 20.3 Å². The van der Waals surface area contributed by atoms with Crippen molar-refractivity contribution in [2.45, 2.75) is 33.7 Å². The molecule has 0 saturated heterocycles. The monoisotopic (exact) mass is 489 g/mol. The zero-order valence-electron chi connectivity index (χ0n) is 21.0. The van der Waals surface area contributed by atoms with Gasteiger partial charge in [-0.2, -0.15) is 0 Å². The highest BCUT2D eigenvalue weighted by molar-refractivity contribution is 5.95. The second-order valence-corrected chi connectivity index (χ2v) is 8.21. The number of alkyl carbamates (subject to hydrolysis) is 1. The Kier molecular flexibility index (Phi) is 9.10. The number of ether oxygens (including phenoxy) is 1. The van der Waals surface area contributed by atoms with Crippen molar-refractivity contribution in [2.75, 3.05) is 25.1 Å². The lowest BCUT2D eigenvalue weighted by atomic mass is 10.0. The first-order valence-electron chi connectivity index (χ1n) is 11.7. The molecule has 0 aliphatic rings. The summed E-state index contributed by atoms with van der Waals surface area (Å²) in [6, 6.07) is 13.0. The van der Waals surface area contributed by atoms with Crippen molar-refractivity contribution < 1.29 is 19.1 Å². The molecule has 0 saturated carbocycles. The van der Waals surface area contributed by atoms with Gasteiger partial charge >= 0.3 is 6.09 Å². The molecule has 0 aliphatic heterocycles. The zero-order chi connectivity index (χ0) is 26.1. The molecule has 0 radical (unpaired) electrons. The number of carbonyl (C=O) groups excluding carboxylic acids is 3. The van der Waals surface area contributed by atoms with Crippen LogP contribution in [0.3, 0.4) is 0 Å². The Morgan fingerprint density at radius 3 is 2.50 bits per heavy atom. The molecule has 9 heteroatoms. The van der Waals surface area contributed by atoms with Gasteiger partial charge in [-0.15, -0.1) is 0 Å². The van der Waals surface area contributed by atoms with Crippen LogP contribution < -0.4 is 15.5 Å². The maximum Gasteiger partial charge on any atom is 0.407 e. The van der Waals surface area contributed by atoms with Crippen molar-refractivity contribution in [3.63, 3.8) is 0 Å². The Morgan fingerprint density at radius 2 is 1.83 bits per heavy atom. The quantitative estimate of drug-likeness (QED) is 0.473. The summed E-state index contributed by atoms with van der Waals surface area (Å²) < 4.78 is 4.79. The third-order valence-corrected chi connectivity index (χ3v) is 5.69. The van der Waals surface area contributed by atoms with Gasteiger partial charge in [-0.25, -0.2) is 4.79 Å². The Balaban J connectivity index is 1.60. The first kappa shape index (κ1) is 26.3. The third kappa shape index (κ3) is 6.88. The van der Waals surface area contributed by atoms with E-state index in [4.69, 9.17) is 4.74 Å². The van der Waals surface area contributed by atoms with E-state index in [0.29, 0.717) is 12.1 Å². The number of nitrogens with zero attached hydrogens (tertiary/aromatic N) is 3. The smallest absolute Gasteiger partial charge is 0.407 e. The maximum absolute atomic E-state index is 12.5. The number of amides is 3. The average molecular weight is 490 g/mol. The Bertz CT molecular complexity index is 1230. The summed E-state index contributed by atoms with van der Waals surface area (Å²) in [6.07, 6.45) is 2.89. The maximum atomic E-state index is 12.5. The lowest BCUT2D eigenvalue weighted by molar-refractivity contribution is -0.118. The summed E-state index contributed by atoms with van der Waals surface area (Å²) in [6.45, 7) is 6.42. The molecule has 1 aromatic carbocycles. The number of aryl methyl sites for hydroxylation is 2. The molecule has 2 aromatic heterocycles. The van der Waals surface area contributed by atoms with Gasteiger partial charge in [-0.1, -0.05) is 12.1 Å². The lowest BCUT2D eigenvalue weighted by Crippen LogP contribution is -2.32. The molecule has 2 N–H and O–H groups in total. The highest BCUT2D eigenvalue weighted by atomic mass is 16.5. The van der Waals surface area contributed by atoms with E-state index in [0.717, 1.165) is 33.8 Å². The molecule has 0 unspecified atom stereocenters. The van der Waals surface area contributed by atoms with E-state index >= 15 is 0 Å². The van der Waals surface area contributed by atoms with E-state index in [1.165, 1.54) is 0 Å². The van der Waals surface area contributed by atoms with E-state index in [2.05, 4.69) is 20.6 Å². The van der Waals surface area contributed by atoms with Crippen LogP contribution in [0.1, 0.15) is 40.5 Å². The van der Waals surface area contributed by atoms with Crippen LogP contribution in [0, 0.1) is 13.8 Å². The fourth-order valence-electron chi connectivity index (χ4n) is 3.63. The molecule has 188 valence electrons. The molecule has 36 heavy (non-hydrogen) atoms. The molecule has 9 nitrogen and oxygen atoms in total. The molecule has 0 spiro atoms. The molecule has 3 amide bonds. The number of nitrogens with one attached hydrogen (secondary N) is 2. The van der Waals surface area contributed by atoms with Crippen molar-refractivity contribution in [3.8, 4) is 11.3 Å². The predicted molar refractivity (Wildman–Crippen MR) is 138 cm³/mol. The third-order valence-electron chi connectivity index (χ3n) is 5.69. The molecule has 0 atom stereocenters. The van der Waals surface area contributed by atoms with Gasteiger partial charge in [0, 0.05) is 55.9 Å². The first-order chi connectivity index (χ1) is 17.3. The van der Waals surface area contributed by atoms with Crippen LogP contribution >= 0.6 is 0 Å². The second-order valence-electron chi connectivity index (χ2n) is 8.21. The van der Waals surface area contributed by atoms with Crippen molar-refractivity contribution in [1.29, 1.82) is 0 Å². The molecule has 3 rings (SSSR count). The summed E-state index contributed by atoms with van der Waals surface area (Å²) in [5.74, 6) is -0.334. The summed E-state index contributed by atoms with van der Waals surface area (Å²) >= 11 is 0. The topological polar surface area (TPSA) is 114 Å². The van der Waals surface area contributed by atoms with Gasteiger partial charge in [0.25, 0.3) is 5.91 Å². The van der Waals surface area contributed by atoms with Crippen LogP contribution in [0.25, 0.3) is 11.3 Å². The minimum absolute atomic E-state index is 0.127. The molecule has 2 heterocycles. The van der Waals surface area contributed by atoms with Crippen molar-refractivity contribution in [1.82, 2.24) is 20.6 Å². The van der Waals surface area contributed by atoms with E-state index in [1.807, 2.05) is 44.2 Å². The summed E-state index contributed by atoms with van der Waals surface area (Å²) in [5.41, 5.74) is 5.57. The van der Waals surface area contributed by atoms with E-state index < -0.39 is 6.09 Å². The highest BCUT2D eigenvalue weighted by Gasteiger charge is 2.15. The number of carbonyl (C=O) groups is 3. The standard InChI is InChI=1S/C27H31N5O4/c1-5-36-27(35)29-14-12-25(33)32(4)24-11-9-20(15-18(24)2)23-10-8-22(17-30-23)26(34)31-16-21-7-6-13-28-19(21)3/h6-11,13,15,17H,5,12,14,16H2,1-4H3,(H,29,35)(H,31,34). The van der Waals surface area contributed by atoms with Crippen LogP contribution in [0.5, 0.6) is 0 Å². The molecular weight excluding hydrogens is 458 g/mol. The first-order valence-corrected chi connectivity index (χ1v) is 11.7. The number of hydrogen-bond donors (Lipinski definition) is 2. The SMILES string of the molecule is CCOC(=O)NCCC(=O)N(C)c1ccc(-c2ccc(C(=O)NCc3cccnc3C)cn2)cc1C. The van der Waals surface area contributed by atoms with Crippen LogP contribution in [-0.2, 0) is 16.1 Å². The highest BCUT2D eigenvalue weighted by Crippen LogP contribution is 2.26. The van der Waals surface area contributed by atoms with Gasteiger partial charge in [-0.3, -0.25) is 19.6 Å². The minimum Gasteiger partial charge on any atom is -0.450 e.